The lowest BCUT2D eigenvalue weighted by Gasteiger charge is -2.24. The summed E-state index contributed by atoms with van der Waals surface area (Å²) in [6.07, 6.45) is 0. The molecule has 0 spiro atoms. The molecular formula is C10H13F2N2O2S+. The van der Waals surface area contributed by atoms with Gasteiger partial charge in [0.05, 0.1) is 26.2 Å². The van der Waals surface area contributed by atoms with Crippen molar-refractivity contribution in [1.82, 2.24) is 4.31 Å². The Morgan fingerprint density at radius 1 is 1.18 bits per heavy atom. The first-order valence-electron chi connectivity index (χ1n) is 5.28. The van der Waals surface area contributed by atoms with E-state index in [2.05, 4.69) is 0 Å². The van der Waals surface area contributed by atoms with Gasteiger partial charge in [0.1, 0.15) is 16.5 Å². The number of halogens is 2. The molecule has 94 valence electrons. The fourth-order valence-corrected chi connectivity index (χ4v) is 3.33. The summed E-state index contributed by atoms with van der Waals surface area (Å²) in [6, 6.07) is 2.46. The lowest BCUT2D eigenvalue weighted by atomic mass is 10.3. The average molecular weight is 263 g/mol. The number of benzene rings is 1. The minimum Gasteiger partial charge on any atom is -0.344 e. The van der Waals surface area contributed by atoms with Crippen molar-refractivity contribution in [2.24, 2.45) is 0 Å². The summed E-state index contributed by atoms with van der Waals surface area (Å²) in [5, 5.41) is 1.98. The fourth-order valence-electron chi connectivity index (χ4n) is 1.78. The van der Waals surface area contributed by atoms with Gasteiger partial charge in [-0.3, -0.25) is 0 Å². The van der Waals surface area contributed by atoms with Crippen LogP contribution in [0.15, 0.2) is 23.1 Å². The highest BCUT2D eigenvalue weighted by atomic mass is 32.2. The highest BCUT2D eigenvalue weighted by Gasteiger charge is 2.29. The van der Waals surface area contributed by atoms with Gasteiger partial charge in [0.25, 0.3) is 0 Å². The van der Waals surface area contributed by atoms with E-state index in [1.807, 2.05) is 5.32 Å². The van der Waals surface area contributed by atoms with Gasteiger partial charge >= 0.3 is 0 Å². The summed E-state index contributed by atoms with van der Waals surface area (Å²) in [7, 11) is -3.92. The zero-order valence-electron chi connectivity index (χ0n) is 9.07. The minimum atomic E-state index is -3.92. The van der Waals surface area contributed by atoms with Crippen molar-refractivity contribution < 1.29 is 22.5 Å². The third-order valence-corrected chi connectivity index (χ3v) is 4.59. The van der Waals surface area contributed by atoms with Crippen LogP contribution in [-0.4, -0.2) is 38.9 Å². The molecule has 0 amide bonds. The lowest BCUT2D eigenvalue weighted by Crippen LogP contribution is -2.89. The molecule has 1 fully saturated rings. The minimum absolute atomic E-state index is 0.318. The van der Waals surface area contributed by atoms with E-state index in [1.54, 1.807) is 0 Å². The van der Waals surface area contributed by atoms with Gasteiger partial charge in [0.15, 0.2) is 0 Å². The van der Waals surface area contributed by atoms with E-state index in [4.69, 9.17) is 0 Å². The summed E-state index contributed by atoms with van der Waals surface area (Å²) in [5.74, 6) is -1.67. The molecule has 1 heterocycles. The van der Waals surface area contributed by atoms with Crippen LogP contribution < -0.4 is 5.32 Å². The number of rotatable bonds is 2. The number of hydrogen-bond acceptors (Lipinski definition) is 2. The quantitative estimate of drug-likeness (QED) is 0.784. The van der Waals surface area contributed by atoms with Gasteiger partial charge < -0.3 is 5.32 Å². The second kappa shape index (κ2) is 4.67. The first kappa shape index (κ1) is 12.4. The number of sulfonamides is 1. The summed E-state index contributed by atoms with van der Waals surface area (Å²) >= 11 is 0. The fraction of sp³-hybridized carbons (Fsp3) is 0.400. The second-order valence-electron chi connectivity index (χ2n) is 3.84. The first-order valence-corrected chi connectivity index (χ1v) is 6.73. The monoisotopic (exact) mass is 263 g/mol. The van der Waals surface area contributed by atoms with Crippen molar-refractivity contribution in [2.75, 3.05) is 26.2 Å². The molecule has 2 N–H and O–H groups in total. The van der Waals surface area contributed by atoms with Gasteiger partial charge in [-0.15, -0.1) is 0 Å². The smallest absolute Gasteiger partial charge is 0.246 e. The highest BCUT2D eigenvalue weighted by molar-refractivity contribution is 7.89. The third kappa shape index (κ3) is 2.46. The van der Waals surface area contributed by atoms with Crippen LogP contribution in [0.1, 0.15) is 0 Å². The predicted molar refractivity (Wildman–Crippen MR) is 56.8 cm³/mol. The molecule has 0 radical (unpaired) electrons. The number of nitrogens with zero attached hydrogens (tertiary/aromatic N) is 1. The number of quaternary nitrogens is 1. The van der Waals surface area contributed by atoms with E-state index in [0.717, 1.165) is 18.2 Å². The molecule has 1 aromatic rings. The maximum atomic E-state index is 13.4. The van der Waals surface area contributed by atoms with Crippen LogP contribution in [0.3, 0.4) is 0 Å². The molecule has 1 aliphatic heterocycles. The normalized spacial score (nSPS) is 18.2. The molecular weight excluding hydrogens is 250 g/mol. The van der Waals surface area contributed by atoms with Crippen LogP contribution in [0.5, 0.6) is 0 Å². The largest absolute Gasteiger partial charge is 0.344 e. The van der Waals surface area contributed by atoms with Crippen molar-refractivity contribution in [1.29, 1.82) is 0 Å². The number of piperazine rings is 1. The molecule has 7 heteroatoms. The van der Waals surface area contributed by atoms with Gasteiger partial charge in [-0.1, -0.05) is 0 Å². The Kier molecular flexibility index (Phi) is 3.41. The summed E-state index contributed by atoms with van der Waals surface area (Å²) < 4.78 is 51.7. The Bertz CT molecular complexity index is 513. The van der Waals surface area contributed by atoms with E-state index in [-0.39, 0.29) is 0 Å². The van der Waals surface area contributed by atoms with Crippen LogP contribution in [0.4, 0.5) is 8.78 Å². The molecule has 4 nitrogen and oxygen atoms in total. The summed E-state index contributed by atoms with van der Waals surface area (Å²) in [4.78, 5) is -0.584. The van der Waals surface area contributed by atoms with Crippen molar-refractivity contribution in [2.45, 2.75) is 4.90 Å². The summed E-state index contributed by atoms with van der Waals surface area (Å²) in [6.45, 7) is 1.91. The van der Waals surface area contributed by atoms with E-state index in [9.17, 15) is 17.2 Å². The van der Waals surface area contributed by atoms with Crippen molar-refractivity contribution in [3.8, 4) is 0 Å². The van der Waals surface area contributed by atoms with Crippen LogP contribution in [-0.2, 0) is 10.0 Å². The second-order valence-corrected chi connectivity index (χ2v) is 5.75. The maximum absolute atomic E-state index is 13.4. The highest BCUT2D eigenvalue weighted by Crippen LogP contribution is 2.20. The third-order valence-electron chi connectivity index (χ3n) is 2.68. The molecule has 17 heavy (non-hydrogen) atoms. The molecule has 1 aliphatic rings. The van der Waals surface area contributed by atoms with Crippen LogP contribution in [0, 0.1) is 11.6 Å². The molecule has 2 rings (SSSR count). The van der Waals surface area contributed by atoms with Gasteiger partial charge in [0.2, 0.25) is 10.0 Å². The van der Waals surface area contributed by atoms with Gasteiger partial charge in [-0.25, -0.2) is 17.2 Å². The van der Waals surface area contributed by atoms with Crippen molar-refractivity contribution in [3.63, 3.8) is 0 Å². The zero-order valence-corrected chi connectivity index (χ0v) is 9.88. The molecule has 0 atom stereocenters. The summed E-state index contributed by atoms with van der Waals surface area (Å²) in [5.41, 5.74) is 0. The Hall–Kier alpha value is -1.05. The molecule has 0 aliphatic carbocycles. The van der Waals surface area contributed by atoms with E-state index in [0.29, 0.717) is 26.2 Å². The van der Waals surface area contributed by atoms with Crippen LogP contribution in [0.2, 0.25) is 0 Å². The molecule has 0 aromatic heterocycles. The van der Waals surface area contributed by atoms with Crippen LogP contribution in [0.25, 0.3) is 0 Å². The Labute approximate surface area is 98.3 Å². The molecule has 0 unspecified atom stereocenters. The van der Waals surface area contributed by atoms with Crippen molar-refractivity contribution >= 4 is 10.0 Å². The maximum Gasteiger partial charge on any atom is 0.246 e. The Morgan fingerprint density at radius 3 is 2.47 bits per heavy atom. The van der Waals surface area contributed by atoms with E-state index >= 15 is 0 Å². The van der Waals surface area contributed by atoms with Gasteiger partial charge in [0, 0.05) is 0 Å². The van der Waals surface area contributed by atoms with Crippen LogP contribution >= 0.6 is 0 Å². The SMILES string of the molecule is O=S(=O)(c1cc(F)ccc1F)N1CC[NH2+]CC1. The molecule has 1 aromatic carbocycles. The zero-order chi connectivity index (χ0) is 12.5. The Balaban J connectivity index is 2.40. The molecule has 0 bridgehead atoms. The predicted octanol–water partition coefficient (Wildman–Crippen LogP) is -0.467. The Morgan fingerprint density at radius 2 is 1.82 bits per heavy atom. The number of nitrogens with two attached hydrogens (primary N) is 1. The average Bonchev–Trinajstić information content (AvgIpc) is 2.33. The van der Waals surface area contributed by atoms with E-state index in [1.165, 1.54) is 4.31 Å². The standard InChI is InChI=1S/C10H12F2N2O2S/c11-8-1-2-9(12)10(7-8)17(15,16)14-5-3-13-4-6-14/h1-2,7,13H,3-6H2/p+1. The van der Waals surface area contributed by atoms with Gasteiger partial charge in [-0.2, -0.15) is 4.31 Å². The lowest BCUT2D eigenvalue weighted by molar-refractivity contribution is -0.661. The van der Waals surface area contributed by atoms with Gasteiger partial charge in [-0.05, 0) is 18.2 Å². The number of hydrogen-bond donors (Lipinski definition) is 1. The van der Waals surface area contributed by atoms with E-state index < -0.39 is 26.6 Å². The first-order chi connectivity index (χ1) is 8.01. The molecule has 1 saturated heterocycles. The topological polar surface area (TPSA) is 54.0 Å². The molecule has 0 saturated carbocycles. The van der Waals surface area contributed by atoms with Crippen molar-refractivity contribution in [3.05, 3.63) is 29.8 Å².